The Morgan fingerprint density at radius 2 is 2.29 bits per heavy atom. The molecule has 1 nitrogen and oxygen atoms in total. The van der Waals surface area contributed by atoms with Gasteiger partial charge >= 0.3 is 0 Å². The van der Waals surface area contributed by atoms with Crippen LogP contribution in [0.4, 0.5) is 0 Å². The fraction of sp³-hybridized carbons (Fsp3) is 0.538. The lowest BCUT2D eigenvalue weighted by molar-refractivity contribution is 0.477. The highest BCUT2D eigenvalue weighted by molar-refractivity contribution is 9.11. The van der Waals surface area contributed by atoms with Crippen LogP contribution in [0.1, 0.15) is 24.9 Å². The summed E-state index contributed by atoms with van der Waals surface area (Å²) in [5, 5.41) is 3.64. The van der Waals surface area contributed by atoms with Crippen molar-refractivity contribution in [2.24, 2.45) is 5.92 Å². The number of hydrogen-bond acceptors (Lipinski definition) is 2. The van der Waals surface area contributed by atoms with Crippen LogP contribution in [0.15, 0.2) is 27.1 Å². The van der Waals surface area contributed by atoms with Crippen molar-refractivity contribution in [2.75, 3.05) is 18.1 Å². The van der Waals surface area contributed by atoms with Gasteiger partial charge in [-0.3, -0.25) is 0 Å². The second-order valence-corrected chi connectivity index (χ2v) is 7.45. The fourth-order valence-electron chi connectivity index (χ4n) is 2.05. The SMILES string of the molecule is CC(NCC1CCSC1)c1ccc(Br)cc1Br. The van der Waals surface area contributed by atoms with E-state index in [9.17, 15) is 0 Å². The van der Waals surface area contributed by atoms with Crippen molar-refractivity contribution >= 4 is 43.6 Å². The maximum atomic E-state index is 3.64. The Morgan fingerprint density at radius 3 is 2.94 bits per heavy atom. The Balaban J connectivity index is 1.91. The molecule has 0 amide bonds. The summed E-state index contributed by atoms with van der Waals surface area (Å²) >= 11 is 9.19. The average molecular weight is 379 g/mol. The first-order valence-electron chi connectivity index (χ1n) is 5.93. The molecule has 1 fully saturated rings. The third-order valence-corrected chi connectivity index (χ3v) is 5.58. The van der Waals surface area contributed by atoms with Gasteiger partial charge in [0.05, 0.1) is 0 Å². The van der Waals surface area contributed by atoms with Crippen molar-refractivity contribution in [1.29, 1.82) is 0 Å². The summed E-state index contributed by atoms with van der Waals surface area (Å²) in [5.74, 6) is 3.51. The van der Waals surface area contributed by atoms with Gasteiger partial charge in [-0.2, -0.15) is 11.8 Å². The van der Waals surface area contributed by atoms with Crippen molar-refractivity contribution in [2.45, 2.75) is 19.4 Å². The molecule has 1 N–H and O–H groups in total. The molecule has 1 saturated heterocycles. The molecule has 0 radical (unpaired) electrons. The molecule has 17 heavy (non-hydrogen) atoms. The molecule has 2 unspecified atom stereocenters. The highest BCUT2D eigenvalue weighted by atomic mass is 79.9. The molecule has 2 atom stereocenters. The van der Waals surface area contributed by atoms with E-state index in [0.717, 1.165) is 16.9 Å². The van der Waals surface area contributed by atoms with Gasteiger partial charge in [0.25, 0.3) is 0 Å². The topological polar surface area (TPSA) is 12.0 Å². The molecule has 0 saturated carbocycles. The van der Waals surface area contributed by atoms with Gasteiger partial charge < -0.3 is 5.32 Å². The molecule has 2 rings (SSSR count). The van der Waals surface area contributed by atoms with Crippen LogP contribution in [0.25, 0.3) is 0 Å². The van der Waals surface area contributed by atoms with Crippen LogP contribution >= 0.6 is 43.6 Å². The largest absolute Gasteiger partial charge is 0.310 e. The first-order chi connectivity index (χ1) is 8.16. The Bertz CT molecular complexity index is 378. The van der Waals surface area contributed by atoms with Crippen LogP contribution in [0.2, 0.25) is 0 Å². The van der Waals surface area contributed by atoms with Gasteiger partial charge in [-0.1, -0.05) is 37.9 Å². The molecule has 0 aliphatic carbocycles. The summed E-state index contributed by atoms with van der Waals surface area (Å²) in [6, 6.07) is 6.79. The van der Waals surface area contributed by atoms with E-state index in [1.54, 1.807) is 0 Å². The maximum absolute atomic E-state index is 3.64. The van der Waals surface area contributed by atoms with E-state index in [1.807, 2.05) is 0 Å². The van der Waals surface area contributed by atoms with Gasteiger partial charge in [0.1, 0.15) is 0 Å². The summed E-state index contributed by atoms with van der Waals surface area (Å²) in [4.78, 5) is 0. The van der Waals surface area contributed by atoms with Crippen molar-refractivity contribution in [3.05, 3.63) is 32.7 Å². The summed E-state index contributed by atoms with van der Waals surface area (Å²) in [6.07, 6.45) is 1.37. The normalized spacial score (nSPS) is 21.7. The second kappa shape index (κ2) is 6.60. The molecule has 1 aliphatic heterocycles. The van der Waals surface area contributed by atoms with E-state index < -0.39 is 0 Å². The molecule has 1 aromatic carbocycles. The maximum Gasteiger partial charge on any atom is 0.0303 e. The highest BCUT2D eigenvalue weighted by Gasteiger charge is 2.17. The molecule has 1 aromatic rings. The minimum absolute atomic E-state index is 0.406. The quantitative estimate of drug-likeness (QED) is 0.820. The van der Waals surface area contributed by atoms with Crippen LogP contribution in [0.3, 0.4) is 0 Å². The lowest BCUT2D eigenvalue weighted by Crippen LogP contribution is -2.25. The zero-order valence-electron chi connectivity index (χ0n) is 9.88. The molecule has 0 spiro atoms. The Morgan fingerprint density at radius 1 is 1.47 bits per heavy atom. The number of halogens is 2. The first kappa shape index (κ1) is 13.9. The summed E-state index contributed by atoms with van der Waals surface area (Å²) in [7, 11) is 0. The standard InChI is InChI=1S/C13H17Br2NS/c1-9(16-7-10-4-5-17-8-10)12-3-2-11(14)6-13(12)15/h2-3,6,9-10,16H,4-5,7-8H2,1H3. The van der Waals surface area contributed by atoms with Crippen LogP contribution < -0.4 is 5.32 Å². The Labute approximate surface area is 124 Å². The van der Waals surface area contributed by atoms with Crippen LogP contribution in [0.5, 0.6) is 0 Å². The third-order valence-electron chi connectivity index (χ3n) is 3.17. The molecular weight excluding hydrogens is 362 g/mol. The molecular formula is C13H17Br2NS. The van der Waals surface area contributed by atoms with E-state index in [0.29, 0.717) is 6.04 Å². The van der Waals surface area contributed by atoms with Crippen LogP contribution in [-0.4, -0.2) is 18.1 Å². The van der Waals surface area contributed by atoms with Crippen molar-refractivity contribution in [3.63, 3.8) is 0 Å². The first-order valence-corrected chi connectivity index (χ1v) is 8.67. The number of benzene rings is 1. The molecule has 1 aliphatic rings. The van der Waals surface area contributed by atoms with Gasteiger partial charge in [0.2, 0.25) is 0 Å². The number of hydrogen-bond donors (Lipinski definition) is 1. The van der Waals surface area contributed by atoms with Crippen molar-refractivity contribution in [3.8, 4) is 0 Å². The molecule has 4 heteroatoms. The number of rotatable bonds is 4. The number of thioether (sulfide) groups is 1. The van der Waals surface area contributed by atoms with Crippen molar-refractivity contribution < 1.29 is 0 Å². The van der Waals surface area contributed by atoms with E-state index in [2.05, 4.69) is 74.1 Å². The zero-order chi connectivity index (χ0) is 12.3. The zero-order valence-corrected chi connectivity index (χ0v) is 13.9. The van der Waals surface area contributed by atoms with Gasteiger partial charge in [-0.05, 0) is 55.0 Å². The highest BCUT2D eigenvalue weighted by Crippen LogP contribution is 2.28. The van der Waals surface area contributed by atoms with E-state index in [-0.39, 0.29) is 0 Å². The van der Waals surface area contributed by atoms with Gasteiger partial charge in [0.15, 0.2) is 0 Å². The van der Waals surface area contributed by atoms with Crippen LogP contribution in [0, 0.1) is 5.92 Å². The third kappa shape index (κ3) is 3.98. The predicted molar refractivity (Wildman–Crippen MR) is 83.7 cm³/mol. The molecule has 94 valence electrons. The molecule has 1 heterocycles. The summed E-state index contributed by atoms with van der Waals surface area (Å²) < 4.78 is 2.29. The lowest BCUT2D eigenvalue weighted by atomic mass is 10.1. The number of nitrogens with one attached hydrogen (secondary N) is 1. The monoisotopic (exact) mass is 377 g/mol. The van der Waals surface area contributed by atoms with Gasteiger partial charge in [-0.25, -0.2) is 0 Å². The summed E-state index contributed by atoms with van der Waals surface area (Å²) in [5.41, 5.74) is 1.33. The predicted octanol–water partition coefficient (Wildman–Crippen LogP) is 4.62. The van der Waals surface area contributed by atoms with Gasteiger partial charge in [0, 0.05) is 15.0 Å². The Hall–Kier alpha value is 0.490. The average Bonchev–Trinajstić information content (AvgIpc) is 2.78. The van der Waals surface area contributed by atoms with E-state index in [4.69, 9.17) is 0 Å². The second-order valence-electron chi connectivity index (χ2n) is 4.53. The lowest BCUT2D eigenvalue weighted by Gasteiger charge is -2.18. The minimum Gasteiger partial charge on any atom is -0.310 e. The minimum atomic E-state index is 0.406. The smallest absolute Gasteiger partial charge is 0.0303 e. The Kier molecular flexibility index (Phi) is 5.40. The van der Waals surface area contributed by atoms with E-state index >= 15 is 0 Å². The summed E-state index contributed by atoms with van der Waals surface area (Å²) in [6.45, 7) is 3.37. The van der Waals surface area contributed by atoms with Gasteiger partial charge in [-0.15, -0.1) is 0 Å². The van der Waals surface area contributed by atoms with Crippen LogP contribution in [-0.2, 0) is 0 Å². The molecule has 0 aromatic heterocycles. The van der Waals surface area contributed by atoms with Crippen molar-refractivity contribution in [1.82, 2.24) is 5.32 Å². The fourth-order valence-corrected chi connectivity index (χ4v) is 4.73. The van der Waals surface area contributed by atoms with E-state index in [1.165, 1.54) is 28.0 Å². The molecule has 0 bridgehead atoms.